The summed E-state index contributed by atoms with van der Waals surface area (Å²) < 4.78 is 123. The van der Waals surface area contributed by atoms with Crippen molar-refractivity contribution in [2.45, 2.75) is 34.8 Å². The van der Waals surface area contributed by atoms with Crippen molar-refractivity contribution in [3.63, 3.8) is 0 Å². The summed E-state index contributed by atoms with van der Waals surface area (Å²) in [7, 11) is -5.42. The fraction of sp³-hybridized carbons (Fsp3) is 0.778. The third kappa shape index (κ3) is 3.08. The molecule has 0 fully saturated rings. The van der Waals surface area contributed by atoms with Crippen LogP contribution >= 0.6 is 20.2 Å². The summed E-state index contributed by atoms with van der Waals surface area (Å²) in [5, 5.41) is 0. The molecule has 0 aromatic rings. The molecule has 1 N–H and O–H groups in total. The molecular formula is C9H10F7IO4S. The number of allylic oxidation sites excluding steroid dienone is 2. The van der Waals surface area contributed by atoms with Crippen LogP contribution in [0.4, 0.5) is 30.7 Å². The molecule has 1 aliphatic rings. The first-order valence-electron chi connectivity index (χ1n) is 5.48. The second-order valence-corrected chi connectivity index (χ2v) is 10.8. The molecule has 22 heavy (non-hydrogen) atoms. The van der Waals surface area contributed by atoms with Gasteiger partial charge in [0.05, 0.1) is 0 Å². The number of alkyl halides is 9. The van der Waals surface area contributed by atoms with Gasteiger partial charge in [-0.1, -0.05) is 0 Å². The Morgan fingerprint density at radius 3 is 1.95 bits per heavy atom. The van der Waals surface area contributed by atoms with E-state index in [1.807, 2.05) is 0 Å². The molecule has 0 spiro atoms. The van der Waals surface area contributed by atoms with E-state index in [9.17, 15) is 39.2 Å². The monoisotopic (exact) mass is 474 g/mol. The number of hydrogen-bond donors (Lipinski definition) is 1. The van der Waals surface area contributed by atoms with Crippen molar-refractivity contribution in [3.05, 3.63) is 12.2 Å². The predicted octanol–water partition coefficient (Wildman–Crippen LogP) is 3.78. The molecule has 0 saturated carbocycles. The molecule has 0 aromatic carbocycles. The number of hydrogen-bond acceptors (Lipinski definition) is 3. The van der Waals surface area contributed by atoms with Gasteiger partial charge >= 0.3 is 128 Å². The molecule has 132 valence electrons. The SMILES string of the molecule is CCCI(OS(=O)(=O)O)C1(F)C=CC(F)(F)C(F)(F)C1(F)F. The van der Waals surface area contributed by atoms with Crippen molar-refractivity contribution in [1.29, 1.82) is 0 Å². The fourth-order valence-corrected chi connectivity index (χ4v) is 8.28. The molecule has 0 heterocycles. The van der Waals surface area contributed by atoms with E-state index < -0.39 is 68.7 Å². The summed E-state index contributed by atoms with van der Waals surface area (Å²) >= 11 is -4.69. The van der Waals surface area contributed by atoms with Gasteiger partial charge in [-0.15, -0.1) is 0 Å². The van der Waals surface area contributed by atoms with E-state index >= 15 is 0 Å². The molecule has 0 bridgehead atoms. The van der Waals surface area contributed by atoms with Gasteiger partial charge in [0, 0.05) is 0 Å². The second kappa shape index (κ2) is 5.73. The summed E-state index contributed by atoms with van der Waals surface area (Å²) in [5.74, 6) is -17.3. The van der Waals surface area contributed by atoms with Crippen LogP contribution in [0.15, 0.2) is 12.2 Å². The molecule has 0 saturated heterocycles. The van der Waals surface area contributed by atoms with Gasteiger partial charge < -0.3 is 0 Å². The van der Waals surface area contributed by atoms with Gasteiger partial charge in [0.15, 0.2) is 0 Å². The van der Waals surface area contributed by atoms with Crippen LogP contribution in [0.5, 0.6) is 0 Å². The Bertz CT molecular complexity index is 564. The Balaban J connectivity index is 3.46. The molecule has 13 heteroatoms. The van der Waals surface area contributed by atoms with Crippen molar-refractivity contribution in [1.82, 2.24) is 0 Å². The van der Waals surface area contributed by atoms with Gasteiger partial charge in [-0.2, -0.15) is 0 Å². The number of rotatable bonds is 5. The zero-order valence-corrected chi connectivity index (χ0v) is 13.6. The Labute approximate surface area is 128 Å². The van der Waals surface area contributed by atoms with Crippen molar-refractivity contribution in [2.24, 2.45) is 0 Å². The fourth-order valence-electron chi connectivity index (χ4n) is 1.52. The van der Waals surface area contributed by atoms with Crippen molar-refractivity contribution < 1.29 is 46.2 Å². The summed E-state index contributed by atoms with van der Waals surface area (Å²) in [6.45, 7) is 1.28. The van der Waals surface area contributed by atoms with E-state index in [1.165, 1.54) is 6.92 Å². The summed E-state index contributed by atoms with van der Waals surface area (Å²) in [4.78, 5) is 0. The average molecular weight is 474 g/mol. The van der Waals surface area contributed by atoms with Crippen LogP contribution in [0.2, 0.25) is 0 Å². The minimum absolute atomic E-state index is 0.155. The van der Waals surface area contributed by atoms with E-state index in [2.05, 4.69) is 2.51 Å². The average Bonchev–Trinajstić information content (AvgIpc) is 2.32. The van der Waals surface area contributed by atoms with Gasteiger partial charge in [-0.05, 0) is 0 Å². The van der Waals surface area contributed by atoms with Crippen LogP contribution in [-0.2, 0) is 12.9 Å². The van der Waals surface area contributed by atoms with Crippen LogP contribution in [0.3, 0.4) is 0 Å². The molecule has 0 amide bonds. The standard InChI is InChI=1S/C9H10F7IO4S/c1-2-5-17(21-22(18,19)20)7(12)4-3-6(10,11)8(13,14)9(7,15)16/h3-4H,2,5H2,1H3,(H,18,19,20). The Morgan fingerprint density at radius 2 is 1.55 bits per heavy atom. The normalized spacial score (nSPS) is 30.1. The van der Waals surface area contributed by atoms with Crippen LogP contribution in [0.1, 0.15) is 13.3 Å². The zero-order valence-electron chi connectivity index (χ0n) is 10.7. The van der Waals surface area contributed by atoms with Gasteiger partial charge in [0.1, 0.15) is 0 Å². The first-order chi connectivity index (χ1) is 9.62. The summed E-state index contributed by atoms with van der Waals surface area (Å²) in [6, 6.07) is 0. The predicted molar refractivity (Wildman–Crippen MR) is 69.6 cm³/mol. The van der Waals surface area contributed by atoms with E-state index in [-0.39, 0.29) is 6.42 Å². The molecule has 1 unspecified atom stereocenters. The van der Waals surface area contributed by atoms with Gasteiger partial charge in [-0.25, -0.2) is 0 Å². The molecule has 4 nitrogen and oxygen atoms in total. The minimum atomic E-state index is -6.09. The van der Waals surface area contributed by atoms with Crippen molar-refractivity contribution in [3.8, 4) is 0 Å². The number of halogens is 8. The Kier molecular flexibility index (Phi) is 5.19. The summed E-state index contributed by atoms with van der Waals surface area (Å²) in [6.07, 6.45) is -1.38. The molecule has 0 radical (unpaired) electrons. The third-order valence-corrected chi connectivity index (χ3v) is 10.4. The Hall–Kier alpha value is -0.150. The first-order valence-corrected chi connectivity index (χ1v) is 10.3. The molecule has 0 aliphatic heterocycles. The molecule has 0 aromatic heterocycles. The van der Waals surface area contributed by atoms with Crippen LogP contribution in [0, 0.1) is 0 Å². The first kappa shape index (κ1) is 19.9. The summed E-state index contributed by atoms with van der Waals surface area (Å²) in [5.41, 5.74) is 0. The van der Waals surface area contributed by atoms with E-state index in [0.717, 1.165) is 0 Å². The van der Waals surface area contributed by atoms with Crippen LogP contribution < -0.4 is 0 Å². The molecule has 1 aliphatic carbocycles. The van der Waals surface area contributed by atoms with E-state index in [4.69, 9.17) is 4.55 Å². The van der Waals surface area contributed by atoms with Gasteiger partial charge in [-0.3, -0.25) is 0 Å². The zero-order chi connectivity index (χ0) is 17.6. The quantitative estimate of drug-likeness (QED) is 0.217. The topological polar surface area (TPSA) is 63.6 Å². The molecule has 1 atom stereocenters. The van der Waals surface area contributed by atoms with Crippen LogP contribution in [-0.4, -0.2) is 38.8 Å². The third-order valence-electron chi connectivity index (χ3n) is 2.56. The molecular weight excluding hydrogens is 464 g/mol. The van der Waals surface area contributed by atoms with Gasteiger partial charge in [0.2, 0.25) is 0 Å². The van der Waals surface area contributed by atoms with Crippen LogP contribution in [0.25, 0.3) is 0 Å². The molecule has 1 rings (SSSR count). The van der Waals surface area contributed by atoms with E-state index in [1.54, 1.807) is 0 Å². The van der Waals surface area contributed by atoms with Gasteiger partial charge in [0.25, 0.3) is 0 Å². The Morgan fingerprint density at radius 1 is 1.05 bits per heavy atom. The van der Waals surface area contributed by atoms with E-state index in [0.29, 0.717) is 0 Å². The van der Waals surface area contributed by atoms with Crippen molar-refractivity contribution in [2.75, 3.05) is 4.43 Å². The second-order valence-electron chi connectivity index (χ2n) is 4.23. The maximum atomic E-state index is 14.5. The maximum absolute atomic E-state index is 14.5. The van der Waals surface area contributed by atoms with Crippen molar-refractivity contribution >= 4 is 30.6 Å².